The van der Waals surface area contributed by atoms with Gasteiger partial charge in [-0.15, -0.1) is 0 Å². The van der Waals surface area contributed by atoms with Gasteiger partial charge in [-0.3, -0.25) is 4.99 Å². The van der Waals surface area contributed by atoms with Crippen LogP contribution in [0.1, 0.15) is 157 Å². The van der Waals surface area contributed by atoms with Crippen LogP contribution in [0.2, 0.25) is 0 Å². The Hall–Kier alpha value is -3.86. The first-order valence-electron chi connectivity index (χ1n) is 19.0. The molecule has 5 rings (SSSR count). The SMILES string of the molecule is CCC1=C(CC)/C(=C(\c2[nH]cc(CC)c2CC)c2[nH]c(C3=N/C(=C/c4[nH]c(C)c(CC)c4CC)C(CC)=C3CC)c(CC)c2CC)N=C1. The Labute approximate surface area is 290 Å². The van der Waals surface area contributed by atoms with Gasteiger partial charge in [-0.2, -0.15) is 0 Å². The summed E-state index contributed by atoms with van der Waals surface area (Å²) >= 11 is 0. The molecule has 0 radical (unpaired) electrons. The van der Waals surface area contributed by atoms with Crippen LogP contribution in [0.3, 0.4) is 0 Å². The highest BCUT2D eigenvalue weighted by Gasteiger charge is 2.32. The van der Waals surface area contributed by atoms with Gasteiger partial charge in [-0.05, 0) is 133 Å². The summed E-state index contributed by atoms with van der Waals surface area (Å²) in [5.41, 5.74) is 24.5. The van der Waals surface area contributed by atoms with Crippen molar-refractivity contribution < 1.29 is 0 Å². The van der Waals surface area contributed by atoms with Crippen LogP contribution in [-0.4, -0.2) is 26.9 Å². The van der Waals surface area contributed by atoms with Gasteiger partial charge < -0.3 is 15.0 Å². The van der Waals surface area contributed by atoms with Gasteiger partial charge in [-0.1, -0.05) is 69.2 Å². The summed E-state index contributed by atoms with van der Waals surface area (Å²) in [6, 6.07) is 0. The number of nitrogens with one attached hydrogen (secondary N) is 3. The normalized spacial score (nSPS) is 16.8. The number of aromatic amines is 3. The van der Waals surface area contributed by atoms with Crippen LogP contribution in [0.15, 0.2) is 49.9 Å². The lowest BCUT2D eigenvalue weighted by molar-refractivity contribution is 1.03. The van der Waals surface area contributed by atoms with E-state index in [-0.39, 0.29) is 0 Å². The molecule has 3 aromatic heterocycles. The minimum Gasteiger partial charge on any atom is -0.361 e. The highest BCUT2D eigenvalue weighted by molar-refractivity contribution is 6.16. The molecule has 0 bridgehead atoms. The fourth-order valence-electron chi connectivity index (χ4n) is 8.48. The van der Waals surface area contributed by atoms with E-state index >= 15 is 0 Å². The quantitative estimate of drug-likeness (QED) is 0.156. The van der Waals surface area contributed by atoms with E-state index in [0.29, 0.717) is 0 Å². The number of allylic oxidation sites excluding steroid dienone is 4. The summed E-state index contributed by atoms with van der Waals surface area (Å²) in [6.07, 6.45) is 16.4. The Kier molecular flexibility index (Phi) is 11.2. The molecule has 5 heterocycles. The minimum atomic E-state index is 0.938. The second-order valence-electron chi connectivity index (χ2n) is 13.1. The molecule has 3 N–H and O–H groups in total. The molecule has 2 aliphatic rings. The predicted molar refractivity (Wildman–Crippen MR) is 208 cm³/mol. The average molecular weight is 646 g/mol. The summed E-state index contributed by atoms with van der Waals surface area (Å²) < 4.78 is 0. The molecular formula is C43H59N5. The molecule has 5 nitrogen and oxygen atoms in total. The number of nitrogens with zero attached hydrogens (tertiary/aromatic N) is 2. The van der Waals surface area contributed by atoms with Crippen molar-refractivity contribution in [3.63, 3.8) is 0 Å². The number of H-pyrrole nitrogens is 3. The van der Waals surface area contributed by atoms with Crippen molar-refractivity contribution in [2.75, 3.05) is 0 Å². The van der Waals surface area contributed by atoms with Gasteiger partial charge in [0.1, 0.15) is 0 Å². The van der Waals surface area contributed by atoms with Crippen LogP contribution in [0.4, 0.5) is 0 Å². The molecule has 0 saturated carbocycles. The highest BCUT2D eigenvalue weighted by Crippen LogP contribution is 2.42. The number of aryl methyl sites for hydroxylation is 2. The van der Waals surface area contributed by atoms with E-state index in [0.717, 1.165) is 81.3 Å². The Morgan fingerprint density at radius 3 is 1.83 bits per heavy atom. The molecule has 5 heteroatoms. The topological polar surface area (TPSA) is 72.1 Å². The number of aliphatic imine (C=N–C) groups is 2. The molecule has 0 spiro atoms. The van der Waals surface area contributed by atoms with E-state index in [1.807, 2.05) is 0 Å². The van der Waals surface area contributed by atoms with Crippen LogP contribution in [0.5, 0.6) is 0 Å². The van der Waals surface area contributed by atoms with Gasteiger partial charge in [0.2, 0.25) is 0 Å². The summed E-state index contributed by atoms with van der Waals surface area (Å²) in [4.78, 5) is 22.3. The molecule has 0 aromatic carbocycles. The van der Waals surface area contributed by atoms with Crippen molar-refractivity contribution in [3.05, 3.63) is 102 Å². The van der Waals surface area contributed by atoms with Crippen molar-refractivity contribution in [1.29, 1.82) is 0 Å². The second-order valence-corrected chi connectivity index (χ2v) is 13.1. The Morgan fingerprint density at radius 2 is 1.27 bits per heavy atom. The third-order valence-corrected chi connectivity index (χ3v) is 10.8. The Bertz CT molecular complexity index is 1870. The molecule has 0 amide bonds. The van der Waals surface area contributed by atoms with Crippen molar-refractivity contribution in [2.45, 2.75) is 140 Å². The van der Waals surface area contributed by atoms with Gasteiger partial charge in [0.05, 0.1) is 34.2 Å². The average Bonchev–Trinajstić information content (AvgIpc) is 3.92. The number of hydrogen-bond acceptors (Lipinski definition) is 2. The molecule has 0 aliphatic carbocycles. The minimum absolute atomic E-state index is 0.938. The standard InChI is InChI=1S/C43H59N5/c1-12-26-23-44-39(29(26)15-4)38(40-30(16-5)27(13-2)24-45-40)41-34(20-9)35(21-10)43(48-41)42-33(19-8)32(18-7)37(47-42)22-36-31(17-6)28(14-3)25(11)46-36/h22-24,44,46,48H,12-21H2,1-11H3/b37-22+,40-38-. The van der Waals surface area contributed by atoms with Gasteiger partial charge in [-0.25, -0.2) is 4.99 Å². The molecule has 0 unspecified atom stereocenters. The zero-order valence-corrected chi connectivity index (χ0v) is 31.7. The molecule has 2 aliphatic heterocycles. The molecule has 0 atom stereocenters. The Balaban J connectivity index is 1.81. The van der Waals surface area contributed by atoms with Crippen molar-refractivity contribution in [1.82, 2.24) is 15.0 Å². The third-order valence-electron chi connectivity index (χ3n) is 10.8. The third kappa shape index (κ3) is 5.88. The molecular weight excluding hydrogens is 587 g/mol. The van der Waals surface area contributed by atoms with Crippen LogP contribution >= 0.6 is 0 Å². The zero-order valence-electron chi connectivity index (χ0n) is 31.7. The van der Waals surface area contributed by atoms with Crippen molar-refractivity contribution in [3.8, 4) is 0 Å². The zero-order chi connectivity index (χ0) is 34.7. The van der Waals surface area contributed by atoms with E-state index in [1.54, 1.807) is 0 Å². The largest absolute Gasteiger partial charge is 0.361 e. The van der Waals surface area contributed by atoms with Crippen LogP contribution in [0.25, 0.3) is 11.6 Å². The second kappa shape index (κ2) is 15.1. The first-order chi connectivity index (χ1) is 23.3. The lowest BCUT2D eigenvalue weighted by atomic mass is 9.90. The van der Waals surface area contributed by atoms with E-state index in [9.17, 15) is 0 Å². The predicted octanol–water partition coefficient (Wildman–Crippen LogP) is 11.3. The van der Waals surface area contributed by atoms with E-state index < -0.39 is 0 Å². The maximum absolute atomic E-state index is 5.52. The number of hydrogen-bond donors (Lipinski definition) is 3. The molecule has 256 valence electrons. The van der Waals surface area contributed by atoms with Crippen LogP contribution in [-0.2, 0) is 38.5 Å². The van der Waals surface area contributed by atoms with E-state index in [4.69, 9.17) is 9.98 Å². The molecule has 0 saturated heterocycles. The van der Waals surface area contributed by atoms with Gasteiger partial charge in [0.15, 0.2) is 0 Å². The fraction of sp³-hybridized carbons (Fsp3) is 0.488. The maximum Gasteiger partial charge on any atom is 0.0910 e. The lowest BCUT2D eigenvalue weighted by Crippen LogP contribution is -2.07. The molecule has 3 aromatic rings. The number of rotatable bonds is 14. The summed E-state index contributed by atoms with van der Waals surface area (Å²) in [5.74, 6) is 0. The number of aromatic nitrogens is 3. The van der Waals surface area contributed by atoms with E-state index in [1.165, 1.54) is 89.7 Å². The summed E-state index contributed by atoms with van der Waals surface area (Å²) in [5, 5.41) is 0. The van der Waals surface area contributed by atoms with Gasteiger partial charge in [0, 0.05) is 29.4 Å². The Morgan fingerprint density at radius 1 is 0.625 bits per heavy atom. The first-order valence-corrected chi connectivity index (χ1v) is 19.0. The van der Waals surface area contributed by atoms with E-state index in [2.05, 4.69) is 110 Å². The van der Waals surface area contributed by atoms with Crippen molar-refractivity contribution in [2.24, 2.45) is 9.98 Å². The monoisotopic (exact) mass is 645 g/mol. The van der Waals surface area contributed by atoms with Crippen LogP contribution < -0.4 is 0 Å². The van der Waals surface area contributed by atoms with Crippen molar-refractivity contribution >= 4 is 23.6 Å². The van der Waals surface area contributed by atoms with Gasteiger partial charge >= 0.3 is 0 Å². The fourth-order valence-corrected chi connectivity index (χ4v) is 8.48. The lowest BCUT2D eigenvalue weighted by Gasteiger charge is -2.15. The van der Waals surface area contributed by atoms with Crippen LogP contribution in [0, 0.1) is 6.92 Å². The highest BCUT2D eigenvalue weighted by atomic mass is 14.9. The summed E-state index contributed by atoms with van der Waals surface area (Å²) in [7, 11) is 0. The van der Waals surface area contributed by atoms with Gasteiger partial charge in [0.25, 0.3) is 0 Å². The maximum atomic E-state index is 5.52. The molecule has 48 heavy (non-hydrogen) atoms. The smallest absolute Gasteiger partial charge is 0.0910 e. The first kappa shape index (κ1) is 35.4. The summed E-state index contributed by atoms with van der Waals surface area (Å²) in [6.45, 7) is 25.0. The molecule has 0 fully saturated rings.